The zero-order valence-electron chi connectivity index (χ0n) is 9.18. The van der Waals surface area contributed by atoms with Gasteiger partial charge in [-0.1, -0.05) is 25.7 Å². The van der Waals surface area contributed by atoms with Crippen LogP contribution in [-0.2, 0) is 0 Å². The molecule has 1 saturated carbocycles. The summed E-state index contributed by atoms with van der Waals surface area (Å²) in [7, 11) is 0. The first-order valence-corrected chi connectivity index (χ1v) is 7.42. The molecule has 0 saturated heterocycles. The molecule has 2 rings (SSSR count). The Morgan fingerprint density at radius 3 is 2.44 bits per heavy atom. The third-order valence-electron chi connectivity index (χ3n) is 3.00. The van der Waals surface area contributed by atoms with Gasteiger partial charge in [0.2, 0.25) is 0 Å². The molecule has 1 fully saturated rings. The van der Waals surface area contributed by atoms with Crippen LogP contribution in [-0.4, -0.2) is 11.0 Å². The Kier molecular flexibility index (Phi) is 4.65. The van der Waals surface area contributed by atoms with Gasteiger partial charge in [-0.3, -0.25) is 0 Å². The highest BCUT2D eigenvalue weighted by atomic mass is 79.9. The molecule has 16 heavy (non-hydrogen) atoms. The van der Waals surface area contributed by atoms with Crippen LogP contribution in [0.1, 0.15) is 38.5 Å². The van der Waals surface area contributed by atoms with Gasteiger partial charge in [0, 0.05) is 16.7 Å². The Hall–Kier alpha value is -0.0900. The summed E-state index contributed by atoms with van der Waals surface area (Å²) in [6, 6.07) is 2.62. The molecule has 0 amide bonds. The maximum Gasteiger partial charge on any atom is 0.140 e. The van der Waals surface area contributed by atoms with Crippen LogP contribution >= 0.6 is 31.9 Å². The van der Waals surface area contributed by atoms with E-state index in [2.05, 4.69) is 42.2 Å². The maximum absolute atomic E-state index is 4.40. The lowest BCUT2D eigenvalue weighted by atomic mass is 10.1. The van der Waals surface area contributed by atoms with E-state index in [1.54, 1.807) is 0 Å². The molecule has 0 aliphatic heterocycles. The zero-order valence-corrected chi connectivity index (χ0v) is 12.3. The van der Waals surface area contributed by atoms with Gasteiger partial charge in [0.25, 0.3) is 0 Å². The Bertz CT molecular complexity index is 347. The van der Waals surface area contributed by atoms with Crippen molar-refractivity contribution in [2.45, 2.75) is 44.6 Å². The summed E-state index contributed by atoms with van der Waals surface area (Å²) in [4.78, 5) is 4.40. The summed E-state index contributed by atoms with van der Waals surface area (Å²) in [6.07, 6.45) is 9.82. The lowest BCUT2D eigenvalue weighted by molar-refractivity contribution is 0.617. The second-order valence-corrected chi connectivity index (χ2v) is 6.09. The van der Waals surface area contributed by atoms with Gasteiger partial charge in [-0.25, -0.2) is 4.98 Å². The normalized spacial score (nSPS) is 18.1. The Labute approximate surface area is 113 Å². The molecule has 4 heteroatoms. The molecular weight excluding hydrogens is 332 g/mol. The number of hydrogen-bond acceptors (Lipinski definition) is 2. The number of nitrogens with one attached hydrogen (secondary N) is 1. The van der Waals surface area contributed by atoms with Gasteiger partial charge < -0.3 is 5.32 Å². The minimum Gasteiger partial charge on any atom is -0.366 e. The number of nitrogens with zero attached hydrogens (tertiary/aromatic N) is 1. The van der Waals surface area contributed by atoms with Gasteiger partial charge in [-0.15, -0.1) is 0 Å². The molecule has 88 valence electrons. The van der Waals surface area contributed by atoms with Crippen molar-refractivity contribution in [1.82, 2.24) is 4.98 Å². The number of pyridine rings is 1. The molecule has 1 heterocycles. The van der Waals surface area contributed by atoms with E-state index in [0.717, 1.165) is 14.8 Å². The first-order chi connectivity index (χ1) is 7.75. The monoisotopic (exact) mass is 346 g/mol. The average molecular weight is 348 g/mol. The van der Waals surface area contributed by atoms with Gasteiger partial charge in [0.15, 0.2) is 0 Å². The minimum atomic E-state index is 0.590. The van der Waals surface area contributed by atoms with Crippen LogP contribution in [0.4, 0.5) is 5.82 Å². The summed E-state index contributed by atoms with van der Waals surface area (Å²) in [5.74, 6) is 0.968. The summed E-state index contributed by atoms with van der Waals surface area (Å²) in [5, 5.41) is 3.54. The fourth-order valence-electron chi connectivity index (χ4n) is 2.14. The second-order valence-electron chi connectivity index (χ2n) is 4.32. The molecule has 1 aliphatic rings. The van der Waals surface area contributed by atoms with Gasteiger partial charge >= 0.3 is 0 Å². The topological polar surface area (TPSA) is 24.9 Å². The molecule has 1 aromatic rings. The van der Waals surface area contributed by atoms with E-state index in [9.17, 15) is 0 Å². The second kappa shape index (κ2) is 6.01. The fourth-order valence-corrected chi connectivity index (χ4v) is 3.24. The van der Waals surface area contributed by atoms with Crippen molar-refractivity contribution in [2.75, 3.05) is 5.32 Å². The Balaban J connectivity index is 2.01. The number of anilines is 1. The first kappa shape index (κ1) is 12.4. The SMILES string of the molecule is Brc1cnc(NC2CCCCCC2)c(Br)c1. The Morgan fingerprint density at radius 2 is 1.81 bits per heavy atom. The maximum atomic E-state index is 4.40. The third kappa shape index (κ3) is 3.45. The number of rotatable bonds is 2. The molecule has 2 nitrogen and oxygen atoms in total. The van der Waals surface area contributed by atoms with E-state index >= 15 is 0 Å². The predicted molar refractivity (Wildman–Crippen MR) is 74.7 cm³/mol. The molecule has 1 aromatic heterocycles. The van der Waals surface area contributed by atoms with E-state index in [0.29, 0.717) is 6.04 Å². The van der Waals surface area contributed by atoms with E-state index in [4.69, 9.17) is 0 Å². The van der Waals surface area contributed by atoms with Crippen LogP contribution in [0.2, 0.25) is 0 Å². The summed E-state index contributed by atoms with van der Waals surface area (Å²) in [6.45, 7) is 0. The van der Waals surface area contributed by atoms with Crippen molar-refractivity contribution in [3.63, 3.8) is 0 Å². The van der Waals surface area contributed by atoms with Crippen molar-refractivity contribution in [2.24, 2.45) is 0 Å². The number of hydrogen-bond donors (Lipinski definition) is 1. The minimum absolute atomic E-state index is 0.590. The summed E-state index contributed by atoms with van der Waals surface area (Å²) < 4.78 is 2.04. The van der Waals surface area contributed by atoms with Gasteiger partial charge in [-0.2, -0.15) is 0 Å². The van der Waals surface area contributed by atoms with Gasteiger partial charge in [0.1, 0.15) is 5.82 Å². The van der Waals surface area contributed by atoms with Crippen molar-refractivity contribution < 1.29 is 0 Å². The third-order valence-corrected chi connectivity index (χ3v) is 4.04. The molecule has 0 atom stereocenters. The highest BCUT2D eigenvalue weighted by Crippen LogP contribution is 2.26. The van der Waals surface area contributed by atoms with E-state index in [1.807, 2.05) is 12.3 Å². The van der Waals surface area contributed by atoms with Crippen molar-refractivity contribution in [3.8, 4) is 0 Å². The molecule has 1 N–H and O–H groups in total. The van der Waals surface area contributed by atoms with Crippen molar-refractivity contribution in [1.29, 1.82) is 0 Å². The molecule has 1 aliphatic carbocycles. The number of halogens is 2. The number of aromatic nitrogens is 1. The van der Waals surface area contributed by atoms with E-state index in [1.165, 1.54) is 38.5 Å². The van der Waals surface area contributed by atoms with Crippen LogP contribution < -0.4 is 5.32 Å². The van der Waals surface area contributed by atoms with E-state index in [-0.39, 0.29) is 0 Å². The van der Waals surface area contributed by atoms with Crippen LogP contribution in [0, 0.1) is 0 Å². The van der Waals surface area contributed by atoms with Crippen molar-refractivity contribution in [3.05, 3.63) is 21.2 Å². The predicted octanol–water partition coefficient (Wildman–Crippen LogP) is 4.74. The van der Waals surface area contributed by atoms with Gasteiger partial charge in [0.05, 0.1) is 4.47 Å². The van der Waals surface area contributed by atoms with Crippen LogP contribution in [0.25, 0.3) is 0 Å². The smallest absolute Gasteiger partial charge is 0.140 e. The van der Waals surface area contributed by atoms with E-state index < -0.39 is 0 Å². The quantitative estimate of drug-likeness (QED) is 0.781. The molecule has 0 unspecified atom stereocenters. The summed E-state index contributed by atoms with van der Waals surface area (Å²) >= 11 is 6.95. The van der Waals surface area contributed by atoms with Gasteiger partial charge in [-0.05, 0) is 50.8 Å². The molecular formula is C12H16Br2N2. The Morgan fingerprint density at radius 1 is 1.12 bits per heavy atom. The molecule has 0 aromatic carbocycles. The van der Waals surface area contributed by atoms with Crippen LogP contribution in [0.15, 0.2) is 21.2 Å². The highest BCUT2D eigenvalue weighted by molar-refractivity contribution is 9.11. The highest BCUT2D eigenvalue weighted by Gasteiger charge is 2.13. The molecule has 0 radical (unpaired) electrons. The largest absolute Gasteiger partial charge is 0.366 e. The molecule has 0 bridgehead atoms. The molecule has 0 spiro atoms. The van der Waals surface area contributed by atoms with Crippen LogP contribution in [0.3, 0.4) is 0 Å². The lowest BCUT2D eigenvalue weighted by Gasteiger charge is -2.17. The lowest BCUT2D eigenvalue weighted by Crippen LogP contribution is -2.19. The average Bonchev–Trinajstić information content (AvgIpc) is 2.51. The summed E-state index contributed by atoms with van der Waals surface area (Å²) in [5.41, 5.74) is 0. The standard InChI is InChI=1S/C12H16Br2N2/c13-9-7-11(14)12(15-8-9)16-10-5-3-1-2-4-6-10/h7-8,10H,1-6H2,(H,15,16). The zero-order chi connectivity index (χ0) is 11.4. The fraction of sp³-hybridized carbons (Fsp3) is 0.583. The van der Waals surface area contributed by atoms with Crippen molar-refractivity contribution >= 4 is 37.7 Å². The first-order valence-electron chi connectivity index (χ1n) is 5.83. The van der Waals surface area contributed by atoms with Crippen LogP contribution in [0.5, 0.6) is 0 Å².